The average Bonchev–Trinajstić information content (AvgIpc) is 2.24. The second kappa shape index (κ2) is 6.12. The van der Waals surface area contributed by atoms with E-state index in [0.29, 0.717) is 31.6 Å². The lowest BCUT2D eigenvalue weighted by atomic mass is 9.69. The van der Waals surface area contributed by atoms with Crippen molar-refractivity contribution in [2.45, 2.75) is 53.4 Å². The van der Waals surface area contributed by atoms with Crippen molar-refractivity contribution in [3.05, 3.63) is 0 Å². The van der Waals surface area contributed by atoms with Crippen LogP contribution in [-0.2, 0) is 14.4 Å². The minimum atomic E-state index is -0.662. The van der Waals surface area contributed by atoms with Gasteiger partial charge in [-0.2, -0.15) is 0 Å². The summed E-state index contributed by atoms with van der Waals surface area (Å²) in [5.41, 5.74) is 0.479. The van der Waals surface area contributed by atoms with Gasteiger partial charge in [-0.3, -0.25) is 9.59 Å². The van der Waals surface area contributed by atoms with Crippen molar-refractivity contribution >= 4 is 17.3 Å². The molecule has 18 heavy (non-hydrogen) atoms. The van der Waals surface area contributed by atoms with E-state index in [4.69, 9.17) is 4.84 Å². The Balaban J connectivity index is 2.96. The normalized spacial score (nSPS) is 25.2. The Morgan fingerprint density at radius 3 is 2.61 bits per heavy atom. The lowest BCUT2D eigenvalue weighted by molar-refractivity contribution is -0.132. The van der Waals surface area contributed by atoms with Gasteiger partial charge in [0, 0.05) is 12.8 Å². The van der Waals surface area contributed by atoms with Gasteiger partial charge in [0.1, 0.15) is 24.1 Å². The maximum absolute atomic E-state index is 12.1. The van der Waals surface area contributed by atoms with Crippen LogP contribution in [0.5, 0.6) is 0 Å². The van der Waals surface area contributed by atoms with Crippen LogP contribution in [0, 0.1) is 11.3 Å². The first kappa shape index (κ1) is 14.9. The molecule has 1 saturated carbocycles. The number of carbonyl (C=O) groups excluding carboxylic acids is 2. The highest BCUT2D eigenvalue weighted by Gasteiger charge is 2.41. The summed E-state index contributed by atoms with van der Waals surface area (Å²) in [5.74, 6) is -0.691. The fraction of sp³-hybridized carbons (Fsp3) is 0.786. The largest absolute Gasteiger partial charge is 0.396 e. The Labute approximate surface area is 109 Å². The monoisotopic (exact) mass is 253 g/mol. The SMILES string of the molecule is CCCC(=O)[C@@H]1C(=O)CC(C)(C)C/C1=N/OCC. The zero-order valence-electron chi connectivity index (χ0n) is 11.8. The number of carbonyl (C=O) groups is 2. The summed E-state index contributed by atoms with van der Waals surface area (Å²) in [5, 5.41) is 4.01. The molecule has 0 amide bonds. The molecule has 1 atom stereocenters. The minimum absolute atomic E-state index is 0.0110. The average molecular weight is 253 g/mol. The van der Waals surface area contributed by atoms with E-state index in [1.165, 1.54) is 0 Å². The van der Waals surface area contributed by atoms with Crippen molar-refractivity contribution in [2.24, 2.45) is 16.5 Å². The standard InChI is InChI=1S/C14H23NO3/c1-5-7-11(16)13-10(15-18-6-2)8-14(3,4)9-12(13)17/h13H,5-9H2,1-4H3/b15-10-/t13-/m1/s1. The third-order valence-corrected chi connectivity index (χ3v) is 3.10. The fourth-order valence-electron chi connectivity index (χ4n) is 2.40. The van der Waals surface area contributed by atoms with E-state index in [9.17, 15) is 9.59 Å². The van der Waals surface area contributed by atoms with Crippen molar-refractivity contribution in [3.63, 3.8) is 0 Å². The van der Waals surface area contributed by atoms with E-state index >= 15 is 0 Å². The Hall–Kier alpha value is -1.19. The molecular weight excluding hydrogens is 230 g/mol. The molecule has 0 unspecified atom stereocenters. The van der Waals surface area contributed by atoms with Gasteiger partial charge >= 0.3 is 0 Å². The first-order valence-electron chi connectivity index (χ1n) is 6.65. The maximum Gasteiger partial charge on any atom is 0.149 e. The minimum Gasteiger partial charge on any atom is -0.396 e. The predicted octanol–water partition coefficient (Wildman–Crippen LogP) is 2.75. The molecule has 1 fully saturated rings. The summed E-state index contributed by atoms with van der Waals surface area (Å²) in [6.07, 6.45) is 2.28. The third kappa shape index (κ3) is 3.65. The molecule has 0 radical (unpaired) electrons. The lowest BCUT2D eigenvalue weighted by Crippen LogP contribution is -2.42. The summed E-state index contributed by atoms with van der Waals surface area (Å²) in [4.78, 5) is 29.2. The molecule has 0 aromatic heterocycles. The van der Waals surface area contributed by atoms with E-state index in [1.54, 1.807) is 0 Å². The number of nitrogens with zero attached hydrogens (tertiary/aromatic N) is 1. The van der Waals surface area contributed by atoms with Gasteiger partial charge in [0.25, 0.3) is 0 Å². The lowest BCUT2D eigenvalue weighted by Gasteiger charge is -2.33. The van der Waals surface area contributed by atoms with Gasteiger partial charge in [0.05, 0.1) is 5.71 Å². The van der Waals surface area contributed by atoms with Gasteiger partial charge in [0.15, 0.2) is 0 Å². The zero-order chi connectivity index (χ0) is 13.8. The number of rotatable bonds is 5. The van der Waals surface area contributed by atoms with E-state index in [1.807, 2.05) is 27.7 Å². The highest BCUT2D eigenvalue weighted by atomic mass is 16.6. The van der Waals surface area contributed by atoms with Crippen LogP contribution in [0.15, 0.2) is 5.16 Å². The third-order valence-electron chi connectivity index (χ3n) is 3.10. The Bertz CT molecular complexity index is 358. The van der Waals surface area contributed by atoms with E-state index < -0.39 is 5.92 Å². The van der Waals surface area contributed by atoms with E-state index in [-0.39, 0.29) is 17.0 Å². The number of Topliss-reactive ketones (excluding diaryl/α,β-unsaturated/α-hetero) is 2. The molecule has 0 aromatic carbocycles. The van der Waals surface area contributed by atoms with Crippen molar-refractivity contribution < 1.29 is 14.4 Å². The van der Waals surface area contributed by atoms with Crippen LogP contribution < -0.4 is 0 Å². The molecule has 1 aliphatic carbocycles. The van der Waals surface area contributed by atoms with Crippen molar-refractivity contribution in [1.29, 1.82) is 0 Å². The van der Waals surface area contributed by atoms with Gasteiger partial charge in [-0.05, 0) is 25.2 Å². The predicted molar refractivity (Wildman–Crippen MR) is 70.5 cm³/mol. The molecule has 0 aromatic rings. The van der Waals surface area contributed by atoms with Crippen LogP contribution in [0.3, 0.4) is 0 Å². The van der Waals surface area contributed by atoms with Gasteiger partial charge in [-0.15, -0.1) is 0 Å². The fourth-order valence-corrected chi connectivity index (χ4v) is 2.40. The summed E-state index contributed by atoms with van der Waals surface area (Å²) in [7, 11) is 0. The molecule has 102 valence electrons. The Morgan fingerprint density at radius 2 is 2.06 bits per heavy atom. The number of hydrogen-bond acceptors (Lipinski definition) is 4. The molecule has 0 N–H and O–H groups in total. The second-order valence-corrected chi connectivity index (χ2v) is 5.63. The highest BCUT2D eigenvalue weighted by Crippen LogP contribution is 2.35. The van der Waals surface area contributed by atoms with Crippen LogP contribution in [0.2, 0.25) is 0 Å². The molecule has 1 rings (SSSR count). The summed E-state index contributed by atoms with van der Waals surface area (Å²) >= 11 is 0. The van der Waals surface area contributed by atoms with Crippen LogP contribution in [0.1, 0.15) is 53.4 Å². The van der Waals surface area contributed by atoms with E-state index in [0.717, 1.165) is 6.42 Å². The zero-order valence-corrected chi connectivity index (χ0v) is 11.8. The molecular formula is C14H23NO3. The highest BCUT2D eigenvalue weighted by molar-refractivity contribution is 6.22. The number of ketones is 2. The first-order valence-corrected chi connectivity index (χ1v) is 6.65. The smallest absolute Gasteiger partial charge is 0.149 e. The Kier molecular flexibility index (Phi) is 5.05. The van der Waals surface area contributed by atoms with E-state index in [2.05, 4.69) is 5.16 Å². The molecule has 0 aliphatic heterocycles. The van der Waals surface area contributed by atoms with Crippen molar-refractivity contribution in [2.75, 3.05) is 6.61 Å². The quantitative estimate of drug-likeness (QED) is 0.559. The summed E-state index contributed by atoms with van der Waals surface area (Å²) < 4.78 is 0. The first-order chi connectivity index (χ1) is 8.41. The molecule has 4 nitrogen and oxygen atoms in total. The molecule has 4 heteroatoms. The topological polar surface area (TPSA) is 55.7 Å². The molecule has 1 aliphatic rings. The summed E-state index contributed by atoms with van der Waals surface area (Å²) in [6, 6.07) is 0. The maximum atomic E-state index is 12.1. The van der Waals surface area contributed by atoms with Crippen LogP contribution in [-0.4, -0.2) is 23.9 Å². The molecule has 0 saturated heterocycles. The van der Waals surface area contributed by atoms with Gasteiger partial charge < -0.3 is 4.84 Å². The van der Waals surface area contributed by atoms with Gasteiger partial charge in [-0.25, -0.2) is 0 Å². The van der Waals surface area contributed by atoms with Crippen LogP contribution >= 0.6 is 0 Å². The van der Waals surface area contributed by atoms with Crippen molar-refractivity contribution in [3.8, 4) is 0 Å². The van der Waals surface area contributed by atoms with Crippen molar-refractivity contribution in [1.82, 2.24) is 0 Å². The molecule has 0 bridgehead atoms. The number of hydrogen-bond donors (Lipinski definition) is 0. The number of oxime groups is 1. The van der Waals surface area contributed by atoms with Crippen LogP contribution in [0.4, 0.5) is 0 Å². The molecule has 0 heterocycles. The second-order valence-electron chi connectivity index (χ2n) is 5.63. The Morgan fingerprint density at radius 1 is 1.39 bits per heavy atom. The molecule has 0 spiro atoms. The van der Waals surface area contributed by atoms with Gasteiger partial charge in [-0.1, -0.05) is 25.9 Å². The van der Waals surface area contributed by atoms with Crippen LogP contribution in [0.25, 0.3) is 0 Å². The van der Waals surface area contributed by atoms with Gasteiger partial charge in [0.2, 0.25) is 0 Å². The summed E-state index contributed by atoms with van der Waals surface area (Å²) in [6.45, 7) is 8.27.